The molecule has 1 aromatic rings. The number of allylic oxidation sites excluding steroid dienone is 1. The van der Waals surface area contributed by atoms with Crippen LogP contribution in [0.5, 0.6) is 0 Å². The van der Waals surface area contributed by atoms with Gasteiger partial charge < -0.3 is 20.4 Å². The minimum absolute atomic E-state index is 0.223. The fraction of sp³-hybridized carbons (Fsp3) is 0.421. The highest BCUT2D eigenvalue weighted by atomic mass is 15.4. The van der Waals surface area contributed by atoms with Gasteiger partial charge in [0.2, 0.25) is 0 Å². The summed E-state index contributed by atoms with van der Waals surface area (Å²) in [6, 6.07) is 10.3. The Morgan fingerprint density at radius 1 is 1.38 bits per heavy atom. The van der Waals surface area contributed by atoms with Crippen molar-refractivity contribution in [2.24, 2.45) is 5.73 Å². The summed E-state index contributed by atoms with van der Waals surface area (Å²) in [6.45, 7) is 7.51. The van der Waals surface area contributed by atoms with E-state index in [2.05, 4.69) is 33.4 Å². The van der Waals surface area contributed by atoms with Crippen molar-refractivity contribution in [2.75, 3.05) is 26.8 Å². The molecule has 1 unspecified atom stereocenters. The second-order valence-corrected chi connectivity index (χ2v) is 6.65. The molecular formula is C19H25N5. The number of rotatable bonds is 3. The first kappa shape index (κ1) is 16.4. The minimum Gasteiger partial charge on any atom is -0.357 e. The molecular weight excluding hydrogens is 298 g/mol. The Morgan fingerprint density at radius 2 is 2.17 bits per heavy atom. The van der Waals surface area contributed by atoms with E-state index in [0.29, 0.717) is 6.54 Å². The minimum atomic E-state index is 0.223. The molecule has 0 saturated carbocycles. The van der Waals surface area contributed by atoms with Crippen LogP contribution in [0.25, 0.3) is 0 Å². The lowest BCUT2D eigenvalue weighted by Crippen LogP contribution is -2.49. The molecule has 126 valence electrons. The first-order chi connectivity index (χ1) is 11.6. The van der Waals surface area contributed by atoms with Crippen molar-refractivity contribution < 1.29 is 0 Å². The smallest absolute Gasteiger partial charge is 0.108 e. The van der Waals surface area contributed by atoms with E-state index < -0.39 is 0 Å². The van der Waals surface area contributed by atoms with Gasteiger partial charge in [-0.1, -0.05) is 24.8 Å². The van der Waals surface area contributed by atoms with Crippen LogP contribution in [-0.4, -0.2) is 47.5 Å². The summed E-state index contributed by atoms with van der Waals surface area (Å²) in [5, 5.41) is 9.36. The Kier molecular flexibility index (Phi) is 4.77. The highest BCUT2D eigenvalue weighted by Crippen LogP contribution is 2.26. The van der Waals surface area contributed by atoms with Gasteiger partial charge in [-0.2, -0.15) is 5.26 Å². The Hall–Kier alpha value is -2.45. The molecule has 1 saturated heterocycles. The fourth-order valence-corrected chi connectivity index (χ4v) is 3.38. The summed E-state index contributed by atoms with van der Waals surface area (Å²) < 4.78 is 0. The number of hydrogen-bond donors (Lipinski definition) is 1. The van der Waals surface area contributed by atoms with Gasteiger partial charge in [-0.3, -0.25) is 0 Å². The number of nitrogens with two attached hydrogens (primary N) is 1. The first-order valence-electron chi connectivity index (χ1n) is 8.43. The molecule has 24 heavy (non-hydrogen) atoms. The molecule has 3 rings (SSSR count). The molecule has 2 N–H and O–H groups in total. The van der Waals surface area contributed by atoms with Gasteiger partial charge in [0.1, 0.15) is 5.82 Å². The second-order valence-electron chi connectivity index (χ2n) is 6.65. The van der Waals surface area contributed by atoms with E-state index in [0.717, 1.165) is 49.4 Å². The van der Waals surface area contributed by atoms with Gasteiger partial charge >= 0.3 is 0 Å². The molecule has 0 amide bonds. The number of hydrogen-bond acceptors (Lipinski definition) is 5. The Bertz CT molecular complexity index is 687. The maximum absolute atomic E-state index is 9.36. The average Bonchev–Trinajstić information content (AvgIpc) is 2.58. The largest absolute Gasteiger partial charge is 0.357 e. The van der Waals surface area contributed by atoms with Crippen molar-refractivity contribution in [1.82, 2.24) is 14.7 Å². The second kappa shape index (κ2) is 6.98. The number of nitrogens with zero attached hydrogens (tertiary/aromatic N) is 4. The van der Waals surface area contributed by atoms with Crippen molar-refractivity contribution in [3.8, 4) is 6.07 Å². The summed E-state index contributed by atoms with van der Waals surface area (Å²) in [5.41, 5.74) is 8.97. The molecule has 2 heterocycles. The van der Waals surface area contributed by atoms with Crippen molar-refractivity contribution in [2.45, 2.75) is 25.4 Å². The van der Waals surface area contributed by atoms with Gasteiger partial charge in [-0.05, 0) is 24.5 Å². The van der Waals surface area contributed by atoms with E-state index in [4.69, 9.17) is 5.73 Å². The lowest BCUT2D eigenvalue weighted by molar-refractivity contribution is 0.120. The van der Waals surface area contributed by atoms with Gasteiger partial charge in [-0.25, -0.2) is 0 Å². The summed E-state index contributed by atoms with van der Waals surface area (Å²) >= 11 is 0. The molecule has 1 fully saturated rings. The zero-order valence-corrected chi connectivity index (χ0v) is 14.3. The standard InChI is InChI=1S/C19H25N5/c1-15-10-19(23-9-5-8-18(21)13-23)24(14-22(15)2)12-17-7-4-3-6-16(17)11-20/h3-4,6-7,10,18H,1,5,8-9,12-14,21H2,2H3. The van der Waals surface area contributed by atoms with Gasteiger partial charge in [0.15, 0.2) is 0 Å². The fourth-order valence-electron chi connectivity index (χ4n) is 3.38. The average molecular weight is 323 g/mol. The van der Waals surface area contributed by atoms with Crippen LogP contribution < -0.4 is 5.73 Å². The van der Waals surface area contributed by atoms with Crippen LogP contribution in [0.15, 0.2) is 48.4 Å². The molecule has 1 atom stereocenters. The lowest BCUT2D eigenvalue weighted by atomic mass is 10.1. The normalized spacial score (nSPS) is 21.5. The van der Waals surface area contributed by atoms with E-state index in [1.807, 2.05) is 31.3 Å². The molecule has 5 heteroatoms. The molecule has 0 aliphatic carbocycles. The van der Waals surface area contributed by atoms with E-state index in [-0.39, 0.29) is 6.04 Å². The Balaban J connectivity index is 1.87. The highest BCUT2D eigenvalue weighted by molar-refractivity contribution is 5.38. The van der Waals surface area contributed by atoms with Crippen molar-refractivity contribution in [3.63, 3.8) is 0 Å². The monoisotopic (exact) mass is 323 g/mol. The number of benzene rings is 1. The lowest BCUT2D eigenvalue weighted by Gasteiger charge is -2.44. The van der Waals surface area contributed by atoms with Crippen LogP contribution >= 0.6 is 0 Å². The van der Waals surface area contributed by atoms with Crippen LogP contribution in [0, 0.1) is 11.3 Å². The predicted molar refractivity (Wildman–Crippen MR) is 95.3 cm³/mol. The van der Waals surface area contributed by atoms with Crippen LogP contribution in [-0.2, 0) is 6.54 Å². The SMILES string of the molecule is C=C1C=C(N2CCCC(N)C2)N(Cc2ccccc2C#N)CN1C. The van der Waals surface area contributed by atoms with Crippen LogP contribution in [0.1, 0.15) is 24.0 Å². The Labute approximate surface area is 144 Å². The third-order valence-electron chi connectivity index (χ3n) is 4.77. The molecule has 5 nitrogen and oxygen atoms in total. The molecule has 0 spiro atoms. The van der Waals surface area contributed by atoms with Gasteiger partial charge in [-0.15, -0.1) is 0 Å². The van der Waals surface area contributed by atoms with Gasteiger partial charge in [0, 0.05) is 44.5 Å². The molecule has 2 aliphatic heterocycles. The van der Waals surface area contributed by atoms with Gasteiger partial charge in [0.05, 0.1) is 18.3 Å². The maximum Gasteiger partial charge on any atom is 0.108 e. The van der Waals surface area contributed by atoms with Crippen LogP contribution in [0.2, 0.25) is 0 Å². The first-order valence-corrected chi connectivity index (χ1v) is 8.43. The number of piperidine rings is 1. The molecule has 1 aromatic carbocycles. The summed E-state index contributed by atoms with van der Waals surface area (Å²) in [4.78, 5) is 6.80. The highest BCUT2D eigenvalue weighted by Gasteiger charge is 2.27. The summed E-state index contributed by atoms with van der Waals surface area (Å²) in [5.74, 6) is 1.17. The summed E-state index contributed by atoms with van der Waals surface area (Å²) in [6.07, 6.45) is 4.34. The number of likely N-dealkylation sites (N-methyl/N-ethyl adjacent to an activating group) is 1. The van der Waals surface area contributed by atoms with Crippen molar-refractivity contribution in [1.29, 1.82) is 5.26 Å². The van der Waals surface area contributed by atoms with E-state index >= 15 is 0 Å². The van der Waals surface area contributed by atoms with E-state index in [9.17, 15) is 5.26 Å². The zero-order chi connectivity index (χ0) is 17.1. The van der Waals surface area contributed by atoms with Crippen molar-refractivity contribution >= 4 is 0 Å². The van der Waals surface area contributed by atoms with Crippen molar-refractivity contribution in [3.05, 3.63) is 59.6 Å². The quantitative estimate of drug-likeness (QED) is 0.922. The number of nitriles is 1. The third-order valence-corrected chi connectivity index (χ3v) is 4.77. The van der Waals surface area contributed by atoms with E-state index in [1.165, 1.54) is 5.82 Å². The van der Waals surface area contributed by atoms with Crippen LogP contribution in [0.3, 0.4) is 0 Å². The number of likely N-dealkylation sites (tertiary alicyclic amines) is 1. The predicted octanol–water partition coefficient (Wildman–Crippen LogP) is 2.04. The zero-order valence-electron chi connectivity index (χ0n) is 14.3. The third kappa shape index (κ3) is 3.39. The molecule has 0 radical (unpaired) electrons. The molecule has 0 bridgehead atoms. The Morgan fingerprint density at radius 3 is 2.92 bits per heavy atom. The van der Waals surface area contributed by atoms with Crippen LogP contribution in [0.4, 0.5) is 0 Å². The molecule has 0 aromatic heterocycles. The maximum atomic E-state index is 9.36. The topological polar surface area (TPSA) is 59.5 Å². The summed E-state index contributed by atoms with van der Waals surface area (Å²) in [7, 11) is 2.04. The molecule has 2 aliphatic rings. The van der Waals surface area contributed by atoms with Gasteiger partial charge in [0.25, 0.3) is 0 Å². The van der Waals surface area contributed by atoms with E-state index in [1.54, 1.807) is 0 Å².